The van der Waals surface area contributed by atoms with Gasteiger partial charge in [-0.25, -0.2) is 0 Å². The molecule has 0 saturated heterocycles. The Morgan fingerprint density at radius 2 is 1.94 bits per heavy atom. The predicted molar refractivity (Wildman–Crippen MR) is 70.4 cm³/mol. The lowest BCUT2D eigenvalue weighted by Gasteiger charge is -2.23. The van der Waals surface area contributed by atoms with Crippen molar-refractivity contribution < 1.29 is 17.7 Å². The molecule has 5 heteroatoms. The van der Waals surface area contributed by atoms with E-state index in [1.54, 1.807) is 19.2 Å². The Morgan fingerprint density at radius 3 is 2.44 bits per heavy atom. The van der Waals surface area contributed by atoms with Gasteiger partial charge in [0, 0.05) is 7.11 Å². The van der Waals surface area contributed by atoms with E-state index in [0.717, 1.165) is 5.56 Å². The van der Waals surface area contributed by atoms with Crippen molar-refractivity contribution in [2.24, 2.45) is 0 Å². The van der Waals surface area contributed by atoms with Gasteiger partial charge < -0.3 is 4.74 Å². The van der Waals surface area contributed by atoms with Crippen LogP contribution in [-0.4, -0.2) is 25.7 Å². The Kier molecular flexibility index (Phi) is 4.53. The van der Waals surface area contributed by atoms with Crippen molar-refractivity contribution in [3.63, 3.8) is 0 Å². The molecule has 0 aliphatic heterocycles. The first-order chi connectivity index (χ1) is 8.15. The van der Waals surface area contributed by atoms with Crippen LogP contribution < -0.4 is 0 Å². The van der Waals surface area contributed by atoms with E-state index >= 15 is 0 Å². The number of methoxy groups -OCH3 is 1. The molecular weight excluding hydrogens is 252 g/mol. The highest BCUT2D eigenvalue weighted by molar-refractivity contribution is 7.85. The van der Waals surface area contributed by atoms with Crippen LogP contribution in [0, 0.1) is 6.92 Å². The maximum absolute atomic E-state index is 11.3. The van der Waals surface area contributed by atoms with E-state index in [9.17, 15) is 13.0 Å². The minimum absolute atomic E-state index is 0.0139. The van der Waals surface area contributed by atoms with Crippen molar-refractivity contribution in [1.82, 2.24) is 0 Å². The normalized spacial score (nSPS) is 12.7. The zero-order valence-corrected chi connectivity index (χ0v) is 12.0. The zero-order valence-electron chi connectivity index (χ0n) is 11.2. The van der Waals surface area contributed by atoms with Crippen molar-refractivity contribution in [3.8, 4) is 0 Å². The fourth-order valence-corrected chi connectivity index (χ4v) is 2.43. The van der Waals surface area contributed by atoms with Gasteiger partial charge in [-0.1, -0.05) is 17.7 Å². The van der Waals surface area contributed by atoms with Gasteiger partial charge in [0.2, 0.25) is 0 Å². The second-order valence-corrected chi connectivity index (χ2v) is 6.44. The molecule has 0 bridgehead atoms. The summed E-state index contributed by atoms with van der Waals surface area (Å²) in [6.45, 7) is 5.77. The summed E-state index contributed by atoms with van der Waals surface area (Å²) >= 11 is 0. The summed E-state index contributed by atoms with van der Waals surface area (Å²) in [5.74, 6) is 0. The molecule has 0 radical (unpaired) electrons. The van der Waals surface area contributed by atoms with Crippen LogP contribution in [0.15, 0.2) is 23.1 Å². The number of rotatable bonds is 5. The largest absolute Gasteiger partial charge is 0.379 e. The average Bonchev–Trinajstić information content (AvgIpc) is 2.25. The van der Waals surface area contributed by atoms with Gasteiger partial charge in [-0.2, -0.15) is 8.42 Å². The molecule has 1 N–H and O–H groups in total. The Labute approximate surface area is 109 Å². The van der Waals surface area contributed by atoms with E-state index in [2.05, 4.69) is 0 Å². The van der Waals surface area contributed by atoms with E-state index in [1.807, 2.05) is 20.8 Å². The monoisotopic (exact) mass is 272 g/mol. The smallest absolute Gasteiger partial charge is 0.294 e. The topological polar surface area (TPSA) is 63.6 Å². The highest BCUT2D eigenvalue weighted by atomic mass is 32.2. The Bertz CT molecular complexity index is 518. The van der Waals surface area contributed by atoms with Crippen LogP contribution in [0.2, 0.25) is 0 Å². The zero-order chi connectivity index (χ0) is 14.0. The maximum atomic E-state index is 11.3. The van der Waals surface area contributed by atoms with Gasteiger partial charge in [0.05, 0.1) is 10.5 Å². The van der Waals surface area contributed by atoms with Crippen molar-refractivity contribution in [2.45, 2.75) is 44.1 Å². The maximum Gasteiger partial charge on any atom is 0.294 e. The van der Waals surface area contributed by atoms with E-state index in [1.165, 1.54) is 6.07 Å². The van der Waals surface area contributed by atoms with Gasteiger partial charge in [-0.15, -0.1) is 0 Å². The summed E-state index contributed by atoms with van der Waals surface area (Å²) in [6, 6.07) is 4.91. The molecule has 1 aromatic rings. The standard InChI is InChI=1S/C13H20O4S/c1-10-5-6-12(18(14,15)16)11(9-10)7-8-13(2,3)17-4/h5-6,9H,7-8H2,1-4H3,(H,14,15,16). The minimum atomic E-state index is -4.17. The molecule has 0 spiro atoms. The lowest BCUT2D eigenvalue weighted by atomic mass is 9.98. The van der Waals surface area contributed by atoms with Crippen LogP contribution >= 0.6 is 0 Å². The fraction of sp³-hybridized carbons (Fsp3) is 0.538. The van der Waals surface area contributed by atoms with Crippen molar-refractivity contribution in [1.29, 1.82) is 0 Å². The number of benzene rings is 1. The lowest BCUT2D eigenvalue weighted by Crippen LogP contribution is -2.23. The van der Waals surface area contributed by atoms with Gasteiger partial charge >= 0.3 is 0 Å². The van der Waals surface area contributed by atoms with Crippen LogP contribution in [0.5, 0.6) is 0 Å². The first-order valence-electron chi connectivity index (χ1n) is 5.78. The Hall–Kier alpha value is -0.910. The van der Waals surface area contributed by atoms with E-state index in [4.69, 9.17) is 4.74 Å². The van der Waals surface area contributed by atoms with Crippen LogP contribution in [0.4, 0.5) is 0 Å². The SMILES string of the molecule is COC(C)(C)CCc1cc(C)ccc1S(=O)(=O)O. The molecule has 0 heterocycles. The third-order valence-electron chi connectivity index (χ3n) is 3.04. The van der Waals surface area contributed by atoms with Crippen LogP contribution in [0.25, 0.3) is 0 Å². The molecule has 1 aromatic carbocycles. The summed E-state index contributed by atoms with van der Waals surface area (Å²) in [4.78, 5) is -0.0139. The first-order valence-corrected chi connectivity index (χ1v) is 7.22. The van der Waals surface area contributed by atoms with E-state index < -0.39 is 10.1 Å². The first kappa shape index (κ1) is 15.1. The van der Waals surface area contributed by atoms with Crippen LogP contribution in [-0.2, 0) is 21.3 Å². The van der Waals surface area contributed by atoms with Crippen molar-refractivity contribution in [3.05, 3.63) is 29.3 Å². The van der Waals surface area contributed by atoms with E-state index in [-0.39, 0.29) is 10.5 Å². The number of hydrogen-bond acceptors (Lipinski definition) is 3. The summed E-state index contributed by atoms with van der Waals surface area (Å²) in [7, 11) is -2.54. The molecule has 0 fully saturated rings. The van der Waals surface area contributed by atoms with Crippen molar-refractivity contribution >= 4 is 10.1 Å². The predicted octanol–water partition coefficient (Wildman–Crippen LogP) is 2.60. The molecule has 0 saturated carbocycles. The lowest BCUT2D eigenvalue weighted by molar-refractivity contribution is 0.0156. The van der Waals surface area contributed by atoms with Gasteiger partial charge in [0.25, 0.3) is 10.1 Å². The highest BCUT2D eigenvalue weighted by Gasteiger charge is 2.20. The van der Waals surface area contributed by atoms with Crippen LogP contribution in [0.3, 0.4) is 0 Å². The molecule has 18 heavy (non-hydrogen) atoms. The van der Waals surface area contributed by atoms with Crippen LogP contribution in [0.1, 0.15) is 31.4 Å². The van der Waals surface area contributed by atoms with Gasteiger partial charge in [0.1, 0.15) is 0 Å². The molecule has 0 aliphatic carbocycles. The van der Waals surface area contributed by atoms with Crippen molar-refractivity contribution in [2.75, 3.05) is 7.11 Å². The molecule has 0 amide bonds. The minimum Gasteiger partial charge on any atom is -0.379 e. The Morgan fingerprint density at radius 1 is 1.33 bits per heavy atom. The molecule has 1 rings (SSSR count). The highest BCUT2D eigenvalue weighted by Crippen LogP contribution is 2.23. The molecule has 0 aliphatic rings. The second kappa shape index (κ2) is 5.38. The summed E-state index contributed by atoms with van der Waals surface area (Å²) in [5.41, 5.74) is 1.27. The summed E-state index contributed by atoms with van der Waals surface area (Å²) < 4.78 is 37.1. The number of aryl methyl sites for hydroxylation is 2. The van der Waals surface area contributed by atoms with Gasteiger partial charge in [-0.05, 0) is 45.2 Å². The molecule has 0 unspecified atom stereocenters. The number of hydrogen-bond donors (Lipinski definition) is 1. The second-order valence-electron chi connectivity index (χ2n) is 5.05. The van der Waals surface area contributed by atoms with Gasteiger partial charge in [0.15, 0.2) is 0 Å². The van der Waals surface area contributed by atoms with E-state index in [0.29, 0.717) is 18.4 Å². The average molecular weight is 272 g/mol. The Balaban J connectivity index is 3.05. The quantitative estimate of drug-likeness (QED) is 0.837. The molecule has 4 nitrogen and oxygen atoms in total. The third kappa shape index (κ3) is 4.08. The van der Waals surface area contributed by atoms with Gasteiger partial charge in [-0.3, -0.25) is 4.55 Å². The molecule has 102 valence electrons. The molecule has 0 aromatic heterocycles. The number of ether oxygens (including phenoxy) is 1. The summed E-state index contributed by atoms with van der Waals surface area (Å²) in [5, 5.41) is 0. The summed E-state index contributed by atoms with van der Waals surface area (Å²) in [6.07, 6.45) is 1.22. The molecular formula is C13H20O4S. The fourth-order valence-electron chi connectivity index (χ4n) is 1.69. The molecule has 0 atom stereocenters. The third-order valence-corrected chi connectivity index (χ3v) is 4.00.